The highest BCUT2D eigenvalue weighted by Crippen LogP contribution is 2.09. The maximum Gasteiger partial charge on any atom is 0.290 e. The van der Waals surface area contributed by atoms with Crippen molar-refractivity contribution < 1.29 is 9.59 Å². The third kappa shape index (κ3) is 3.55. The molecule has 0 unspecified atom stereocenters. The molecule has 0 spiro atoms. The van der Waals surface area contributed by atoms with Crippen LogP contribution in [0.3, 0.4) is 0 Å². The molecule has 0 bridgehead atoms. The average Bonchev–Trinajstić information content (AvgIpc) is 3.09. The fraction of sp³-hybridized carbons (Fsp3) is 0.692. The molecule has 0 saturated carbocycles. The molecular weight excluding hydrogens is 258 g/mol. The van der Waals surface area contributed by atoms with Crippen LogP contribution in [-0.2, 0) is 4.79 Å². The van der Waals surface area contributed by atoms with Gasteiger partial charge in [0.2, 0.25) is 11.7 Å². The molecule has 110 valence electrons. The topological polar surface area (TPSA) is 91.0 Å². The fourth-order valence-corrected chi connectivity index (χ4v) is 2.12. The molecule has 2 rings (SSSR count). The largest absolute Gasteiger partial charge is 0.349 e. The number of hydrogen-bond donors (Lipinski definition) is 2. The first-order valence-electron chi connectivity index (χ1n) is 7.06. The molecule has 0 aliphatic carbocycles. The number of carbonyl (C=O) groups excluding carboxylic acids is 2. The number of amides is 2. The van der Waals surface area contributed by atoms with E-state index in [-0.39, 0.29) is 23.6 Å². The van der Waals surface area contributed by atoms with Gasteiger partial charge in [-0.1, -0.05) is 13.8 Å². The van der Waals surface area contributed by atoms with Gasteiger partial charge in [0.25, 0.3) is 5.91 Å². The Hall–Kier alpha value is -1.92. The highest BCUT2D eigenvalue weighted by Gasteiger charge is 2.18. The molecule has 20 heavy (non-hydrogen) atoms. The number of rotatable bonds is 5. The standard InChI is InChI=1S/C13H21N5O2/c1-9(2)11-15-12(17-16-11)13(20)14-6-5-10(19)18-7-3-4-8-18/h9H,3-8H2,1-2H3,(H,14,20)(H,15,16,17). The number of nitrogens with one attached hydrogen (secondary N) is 2. The summed E-state index contributed by atoms with van der Waals surface area (Å²) < 4.78 is 0. The van der Waals surface area contributed by atoms with Crippen LogP contribution >= 0.6 is 0 Å². The molecule has 7 heteroatoms. The Labute approximate surface area is 118 Å². The molecule has 1 aromatic heterocycles. The Morgan fingerprint density at radius 2 is 2.05 bits per heavy atom. The molecule has 1 fully saturated rings. The van der Waals surface area contributed by atoms with Crippen molar-refractivity contribution in [3.8, 4) is 0 Å². The molecule has 0 radical (unpaired) electrons. The van der Waals surface area contributed by atoms with Gasteiger partial charge in [-0.3, -0.25) is 14.7 Å². The fourth-order valence-electron chi connectivity index (χ4n) is 2.12. The third-order valence-corrected chi connectivity index (χ3v) is 3.34. The number of nitrogens with zero attached hydrogens (tertiary/aromatic N) is 3. The summed E-state index contributed by atoms with van der Waals surface area (Å²) in [7, 11) is 0. The summed E-state index contributed by atoms with van der Waals surface area (Å²) in [5, 5.41) is 9.28. The first-order chi connectivity index (χ1) is 9.58. The monoisotopic (exact) mass is 279 g/mol. The molecule has 0 atom stereocenters. The van der Waals surface area contributed by atoms with Crippen molar-refractivity contribution in [3.05, 3.63) is 11.6 Å². The Balaban J connectivity index is 1.75. The second-order valence-corrected chi connectivity index (χ2v) is 5.29. The molecule has 1 saturated heterocycles. The van der Waals surface area contributed by atoms with Crippen molar-refractivity contribution in [2.24, 2.45) is 0 Å². The third-order valence-electron chi connectivity index (χ3n) is 3.34. The van der Waals surface area contributed by atoms with Gasteiger partial charge in [-0.15, -0.1) is 5.10 Å². The maximum absolute atomic E-state index is 11.8. The van der Waals surface area contributed by atoms with Crippen LogP contribution in [0.15, 0.2) is 0 Å². The lowest BCUT2D eigenvalue weighted by Crippen LogP contribution is -2.33. The summed E-state index contributed by atoms with van der Waals surface area (Å²) in [5.74, 6) is 0.759. The Bertz CT molecular complexity index is 477. The minimum Gasteiger partial charge on any atom is -0.349 e. The normalized spacial score (nSPS) is 14.8. The molecule has 1 aromatic rings. The van der Waals surface area contributed by atoms with E-state index < -0.39 is 0 Å². The van der Waals surface area contributed by atoms with E-state index in [1.54, 1.807) is 0 Å². The smallest absolute Gasteiger partial charge is 0.290 e. The zero-order valence-electron chi connectivity index (χ0n) is 12.0. The van der Waals surface area contributed by atoms with Gasteiger partial charge in [-0.2, -0.15) is 0 Å². The lowest BCUT2D eigenvalue weighted by molar-refractivity contribution is -0.129. The van der Waals surface area contributed by atoms with Gasteiger partial charge in [0.15, 0.2) is 0 Å². The molecule has 2 amide bonds. The number of aromatic nitrogens is 3. The van der Waals surface area contributed by atoms with Crippen molar-refractivity contribution in [2.45, 2.75) is 39.0 Å². The molecule has 1 aliphatic rings. The number of aromatic amines is 1. The summed E-state index contributed by atoms with van der Waals surface area (Å²) >= 11 is 0. The van der Waals surface area contributed by atoms with Crippen molar-refractivity contribution in [1.29, 1.82) is 0 Å². The van der Waals surface area contributed by atoms with Crippen molar-refractivity contribution >= 4 is 11.8 Å². The highest BCUT2D eigenvalue weighted by molar-refractivity contribution is 5.90. The molecular formula is C13H21N5O2. The second kappa shape index (κ2) is 6.49. The van der Waals surface area contributed by atoms with Gasteiger partial charge in [0.1, 0.15) is 5.82 Å². The van der Waals surface area contributed by atoms with E-state index in [0.717, 1.165) is 25.9 Å². The zero-order chi connectivity index (χ0) is 14.5. The lowest BCUT2D eigenvalue weighted by Gasteiger charge is -2.14. The van der Waals surface area contributed by atoms with E-state index in [2.05, 4.69) is 20.5 Å². The van der Waals surface area contributed by atoms with Crippen LogP contribution in [0, 0.1) is 0 Å². The molecule has 2 heterocycles. The molecule has 1 aliphatic heterocycles. The van der Waals surface area contributed by atoms with Gasteiger partial charge in [0, 0.05) is 32.0 Å². The summed E-state index contributed by atoms with van der Waals surface area (Å²) in [6.45, 7) is 5.93. The van der Waals surface area contributed by atoms with E-state index in [4.69, 9.17) is 0 Å². The van der Waals surface area contributed by atoms with Crippen LogP contribution in [0.1, 0.15) is 55.5 Å². The predicted molar refractivity (Wildman–Crippen MR) is 73.2 cm³/mol. The average molecular weight is 279 g/mol. The first kappa shape index (κ1) is 14.5. The summed E-state index contributed by atoms with van der Waals surface area (Å²) in [5.41, 5.74) is 0. The van der Waals surface area contributed by atoms with Crippen LogP contribution in [0.5, 0.6) is 0 Å². The van der Waals surface area contributed by atoms with E-state index >= 15 is 0 Å². The minimum absolute atomic E-state index is 0.0978. The maximum atomic E-state index is 11.8. The molecule has 0 aromatic carbocycles. The van der Waals surface area contributed by atoms with Crippen molar-refractivity contribution in [3.63, 3.8) is 0 Å². The van der Waals surface area contributed by atoms with Gasteiger partial charge in [0.05, 0.1) is 0 Å². The van der Waals surface area contributed by atoms with Gasteiger partial charge < -0.3 is 10.2 Å². The zero-order valence-corrected chi connectivity index (χ0v) is 12.0. The van der Waals surface area contributed by atoms with Gasteiger partial charge >= 0.3 is 0 Å². The molecule has 2 N–H and O–H groups in total. The van der Waals surface area contributed by atoms with Crippen molar-refractivity contribution in [1.82, 2.24) is 25.4 Å². The van der Waals surface area contributed by atoms with Crippen LogP contribution in [0.4, 0.5) is 0 Å². The summed E-state index contributed by atoms with van der Waals surface area (Å²) in [6.07, 6.45) is 2.48. The van der Waals surface area contributed by atoms with E-state index in [0.29, 0.717) is 18.8 Å². The van der Waals surface area contributed by atoms with Crippen molar-refractivity contribution in [2.75, 3.05) is 19.6 Å². The van der Waals surface area contributed by atoms with Gasteiger partial charge in [-0.05, 0) is 12.8 Å². The Kier molecular flexibility index (Phi) is 4.70. The van der Waals surface area contributed by atoms with Crippen LogP contribution in [-0.4, -0.2) is 51.5 Å². The quantitative estimate of drug-likeness (QED) is 0.828. The number of carbonyl (C=O) groups is 2. The van der Waals surface area contributed by atoms with Crippen LogP contribution in [0.2, 0.25) is 0 Å². The Morgan fingerprint density at radius 3 is 2.65 bits per heavy atom. The number of hydrogen-bond acceptors (Lipinski definition) is 4. The molecule has 7 nitrogen and oxygen atoms in total. The number of H-pyrrole nitrogens is 1. The van der Waals surface area contributed by atoms with Crippen LogP contribution < -0.4 is 5.32 Å². The Morgan fingerprint density at radius 1 is 1.35 bits per heavy atom. The SMILES string of the molecule is CC(C)c1nc(C(=O)NCCC(=O)N2CCCC2)n[nH]1. The van der Waals surface area contributed by atoms with E-state index in [1.165, 1.54) is 0 Å². The van der Waals surface area contributed by atoms with Gasteiger partial charge in [-0.25, -0.2) is 4.98 Å². The predicted octanol–water partition coefficient (Wildman–Crippen LogP) is 0.670. The lowest BCUT2D eigenvalue weighted by atomic mass is 10.2. The van der Waals surface area contributed by atoms with Crippen LogP contribution in [0.25, 0.3) is 0 Å². The van der Waals surface area contributed by atoms with E-state index in [1.807, 2.05) is 18.7 Å². The highest BCUT2D eigenvalue weighted by atomic mass is 16.2. The number of likely N-dealkylation sites (tertiary alicyclic amines) is 1. The minimum atomic E-state index is -0.345. The summed E-state index contributed by atoms with van der Waals surface area (Å²) in [6, 6.07) is 0. The summed E-state index contributed by atoms with van der Waals surface area (Å²) in [4.78, 5) is 29.6. The second-order valence-electron chi connectivity index (χ2n) is 5.29. The van der Waals surface area contributed by atoms with E-state index in [9.17, 15) is 9.59 Å². The first-order valence-corrected chi connectivity index (χ1v) is 7.06.